The van der Waals surface area contributed by atoms with Crippen molar-refractivity contribution in [1.29, 1.82) is 0 Å². The minimum Gasteiger partial charge on any atom is -0.386 e. The normalized spacial score (nSPS) is 38.9. The third-order valence-corrected chi connectivity index (χ3v) is 2.30. The molecule has 3 heteroatoms. The Morgan fingerprint density at radius 2 is 2.21 bits per heavy atom. The lowest BCUT2D eigenvalue weighted by Gasteiger charge is -2.14. The van der Waals surface area contributed by atoms with E-state index in [1.54, 1.807) is 13.0 Å². The molecule has 0 radical (unpaired) electrons. The lowest BCUT2D eigenvalue weighted by Crippen LogP contribution is -2.29. The number of allylic oxidation sites excluding steroid dienone is 1. The average molecular weight is 192 g/mol. The van der Waals surface area contributed by atoms with Crippen LogP contribution in [-0.4, -0.2) is 34.6 Å². The van der Waals surface area contributed by atoms with Gasteiger partial charge in [-0.05, 0) is 18.6 Å². The summed E-state index contributed by atoms with van der Waals surface area (Å²) < 4.78 is 5.10. The predicted octanol–water partition coefficient (Wildman–Crippen LogP) is -0.00490. The van der Waals surface area contributed by atoms with Gasteiger partial charge in [-0.25, -0.2) is 0 Å². The number of ether oxygens (including phenoxy) is 1. The summed E-state index contributed by atoms with van der Waals surface area (Å²) in [5.41, 5.74) is 1.26. The molecule has 0 unspecified atom stereocenters. The largest absolute Gasteiger partial charge is 0.386 e. The summed E-state index contributed by atoms with van der Waals surface area (Å²) >= 11 is 0. The minimum atomic E-state index is -0.699. The fraction of sp³-hybridized carbons (Fsp3) is 0.455. The van der Waals surface area contributed by atoms with Crippen LogP contribution in [0.15, 0.2) is 23.8 Å². The highest BCUT2D eigenvalue weighted by Gasteiger charge is 2.52. The lowest BCUT2D eigenvalue weighted by molar-refractivity contribution is 0.167. The van der Waals surface area contributed by atoms with E-state index in [1.807, 2.05) is 0 Å². The number of hydrogen-bond acceptors (Lipinski definition) is 3. The number of epoxide rings is 1. The highest BCUT2D eigenvalue weighted by Crippen LogP contribution is 2.36. The number of aliphatic hydroxyl groups excluding tert-OH is 2. The molecule has 0 aromatic rings. The monoisotopic (exact) mass is 192 g/mol. The van der Waals surface area contributed by atoms with Gasteiger partial charge in [0.25, 0.3) is 0 Å². The summed E-state index contributed by atoms with van der Waals surface area (Å²) in [6, 6.07) is 0. The molecule has 0 bridgehead atoms. The Labute approximate surface area is 82.7 Å². The van der Waals surface area contributed by atoms with Crippen molar-refractivity contribution < 1.29 is 14.9 Å². The van der Waals surface area contributed by atoms with Crippen LogP contribution in [0, 0.1) is 11.8 Å². The van der Waals surface area contributed by atoms with Gasteiger partial charge in [0.05, 0.1) is 0 Å². The van der Waals surface area contributed by atoms with Crippen LogP contribution in [0.25, 0.3) is 0 Å². The molecule has 14 heavy (non-hydrogen) atoms. The Kier molecular flexibility index (Phi) is 2.20. The molecule has 0 aromatic carbocycles. The van der Waals surface area contributed by atoms with Crippen molar-refractivity contribution in [3.8, 4) is 11.8 Å². The van der Waals surface area contributed by atoms with Gasteiger partial charge in [0.15, 0.2) is 0 Å². The summed E-state index contributed by atoms with van der Waals surface area (Å²) in [6.45, 7) is 5.42. The second-order valence-corrected chi connectivity index (χ2v) is 3.65. The molecule has 0 spiro atoms. The lowest BCUT2D eigenvalue weighted by atomic mass is 9.95. The quantitative estimate of drug-likeness (QED) is 0.419. The summed E-state index contributed by atoms with van der Waals surface area (Å²) in [6.07, 6.45) is -0.299. The fourth-order valence-corrected chi connectivity index (χ4v) is 1.51. The molecule has 1 aliphatic carbocycles. The van der Waals surface area contributed by atoms with Crippen molar-refractivity contribution >= 4 is 0 Å². The Morgan fingerprint density at radius 3 is 2.86 bits per heavy atom. The summed E-state index contributed by atoms with van der Waals surface area (Å²) in [7, 11) is 0. The van der Waals surface area contributed by atoms with Gasteiger partial charge in [0, 0.05) is 5.57 Å². The van der Waals surface area contributed by atoms with Crippen molar-refractivity contribution in [2.75, 3.05) is 0 Å². The molecule has 0 saturated carbocycles. The first-order valence-electron chi connectivity index (χ1n) is 4.50. The molecule has 4 atom stereocenters. The van der Waals surface area contributed by atoms with Gasteiger partial charge < -0.3 is 14.9 Å². The second kappa shape index (κ2) is 3.25. The van der Waals surface area contributed by atoms with Crippen molar-refractivity contribution in [1.82, 2.24) is 0 Å². The van der Waals surface area contributed by atoms with Gasteiger partial charge in [0.1, 0.15) is 24.4 Å². The number of aliphatic hydroxyl groups is 2. The maximum Gasteiger partial charge on any atom is 0.118 e. The van der Waals surface area contributed by atoms with Gasteiger partial charge >= 0.3 is 0 Å². The highest BCUT2D eigenvalue weighted by atomic mass is 16.6. The molecule has 0 amide bonds. The maximum absolute atomic E-state index is 9.67. The molecule has 3 nitrogen and oxygen atoms in total. The van der Waals surface area contributed by atoms with E-state index in [0.717, 1.165) is 5.57 Å². The predicted molar refractivity (Wildman–Crippen MR) is 51.3 cm³/mol. The van der Waals surface area contributed by atoms with E-state index in [2.05, 4.69) is 18.4 Å². The minimum absolute atomic E-state index is 0.236. The average Bonchev–Trinajstić information content (AvgIpc) is 2.88. The van der Waals surface area contributed by atoms with E-state index >= 15 is 0 Å². The van der Waals surface area contributed by atoms with Crippen LogP contribution in [0.1, 0.15) is 6.92 Å². The maximum atomic E-state index is 9.67. The summed E-state index contributed by atoms with van der Waals surface area (Å²) in [5, 5.41) is 19.1. The van der Waals surface area contributed by atoms with E-state index in [1.165, 1.54) is 0 Å². The number of fused-ring (bicyclic) bond motifs is 1. The van der Waals surface area contributed by atoms with Crippen LogP contribution >= 0.6 is 0 Å². The standard InChI is InChI=1S/C11H12O3/c1-6(2)3-4-7-5-8(12)10-11(14-10)9(7)13/h5,8-13H,1H2,2H3/t8-,9+,10+,11-/m0/s1. The van der Waals surface area contributed by atoms with Crippen LogP contribution in [0.2, 0.25) is 0 Å². The van der Waals surface area contributed by atoms with Crippen molar-refractivity contribution in [3.05, 3.63) is 23.8 Å². The molecule has 0 aromatic heterocycles. The molecule has 2 rings (SSSR count). The Hall–Kier alpha value is -1.08. The first-order valence-corrected chi connectivity index (χ1v) is 4.50. The van der Waals surface area contributed by atoms with Crippen LogP contribution in [0.3, 0.4) is 0 Å². The highest BCUT2D eigenvalue weighted by molar-refractivity contribution is 5.42. The molecule has 74 valence electrons. The SMILES string of the molecule is C=C(C)C#CC1=C[C@H](O)[C@H]2O[C@H]2[C@@H]1O. The zero-order chi connectivity index (χ0) is 10.3. The van der Waals surface area contributed by atoms with Crippen LogP contribution in [-0.2, 0) is 4.74 Å². The first kappa shape index (κ1) is 9.47. The van der Waals surface area contributed by atoms with Gasteiger partial charge in [-0.2, -0.15) is 0 Å². The van der Waals surface area contributed by atoms with Gasteiger partial charge in [0.2, 0.25) is 0 Å². The van der Waals surface area contributed by atoms with E-state index < -0.39 is 12.2 Å². The third kappa shape index (κ3) is 1.60. The van der Waals surface area contributed by atoms with Gasteiger partial charge in [-0.15, -0.1) is 0 Å². The molecule has 1 heterocycles. The Bertz CT molecular complexity index is 358. The first-order chi connectivity index (χ1) is 6.59. The van der Waals surface area contributed by atoms with E-state index in [0.29, 0.717) is 5.57 Å². The Balaban J connectivity index is 2.19. The topological polar surface area (TPSA) is 53.0 Å². The summed E-state index contributed by atoms with van der Waals surface area (Å²) in [5.74, 6) is 5.55. The number of rotatable bonds is 0. The van der Waals surface area contributed by atoms with Gasteiger partial charge in [-0.3, -0.25) is 0 Å². The molecule has 2 N–H and O–H groups in total. The molecular weight excluding hydrogens is 180 g/mol. The van der Waals surface area contributed by atoms with E-state index in [4.69, 9.17) is 4.74 Å². The second-order valence-electron chi connectivity index (χ2n) is 3.65. The van der Waals surface area contributed by atoms with Crippen molar-refractivity contribution in [3.63, 3.8) is 0 Å². The zero-order valence-electron chi connectivity index (χ0n) is 7.90. The van der Waals surface area contributed by atoms with E-state index in [9.17, 15) is 10.2 Å². The van der Waals surface area contributed by atoms with Crippen molar-refractivity contribution in [2.24, 2.45) is 0 Å². The fourth-order valence-electron chi connectivity index (χ4n) is 1.51. The van der Waals surface area contributed by atoms with Crippen LogP contribution in [0.4, 0.5) is 0 Å². The molecular formula is C11H12O3. The molecule has 2 aliphatic rings. The van der Waals surface area contributed by atoms with E-state index in [-0.39, 0.29) is 12.2 Å². The molecule has 1 fully saturated rings. The number of hydrogen-bond donors (Lipinski definition) is 2. The van der Waals surface area contributed by atoms with Gasteiger partial charge in [-0.1, -0.05) is 18.4 Å². The zero-order valence-corrected chi connectivity index (χ0v) is 7.90. The van der Waals surface area contributed by atoms with Crippen LogP contribution < -0.4 is 0 Å². The third-order valence-electron chi connectivity index (χ3n) is 2.30. The molecule has 1 aliphatic heterocycles. The smallest absolute Gasteiger partial charge is 0.118 e. The summed E-state index contributed by atoms with van der Waals surface area (Å²) in [4.78, 5) is 0. The Morgan fingerprint density at radius 1 is 1.50 bits per heavy atom. The van der Waals surface area contributed by atoms with Crippen LogP contribution in [0.5, 0.6) is 0 Å². The van der Waals surface area contributed by atoms with Crippen molar-refractivity contribution in [2.45, 2.75) is 31.3 Å². The molecule has 1 saturated heterocycles.